The number of thiazole rings is 1. The highest BCUT2D eigenvalue weighted by Gasteiger charge is 2.27. The first-order chi connectivity index (χ1) is 14.0. The largest absolute Gasteiger partial charge is 0.497 e. The minimum Gasteiger partial charge on any atom is -0.497 e. The molecule has 0 unspecified atom stereocenters. The molecular formula is C19H20N4O4S2. The number of carbonyl (C=O) groups excluding carboxylic acids is 1. The van der Waals surface area contributed by atoms with Gasteiger partial charge in [0.15, 0.2) is 0 Å². The molecule has 1 aromatic heterocycles. The Bertz CT molecular complexity index is 1140. The van der Waals surface area contributed by atoms with Crippen molar-refractivity contribution in [2.45, 2.75) is 17.7 Å². The zero-order chi connectivity index (χ0) is 20.4. The standard InChI is InChI=1S/C19H20N4O4S2/c1-27-14-6-9-16-17(12-14)28-19(20-16)22-21-18(24)13-4-7-15(8-5-13)29(25,26)23-10-2-3-11-23/h4-9,12H,2-3,10-11H2,1H3,(H,20,22)(H,21,24). The summed E-state index contributed by atoms with van der Waals surface area (Å²) in [5.41, 5.74) is 6.53. The van der Waals surface area contributed by atoms with Gasteiger partial charge in [0.25, 0.3) is 5.91 Å². The maximum Gasteiger partial charge on any atom is 0.269 e. The van der Waals surface area contributed by atoms with Gasteiger partial charge in [-0.2, -0.15) is 4.31 Å². The Hall–Kier alpha value is -2.69. The summed E-state index contributed by atoms with van der Waals surface area (Å²) in [6, 6.07) is 11.5. The number of sulfonamides is 1. The number of hydrogen-bond donors (Lipinski definition) is 2. The van der Waals surface area contributed by atoms with E-state index in [1.54, 1.807) is 7.11 Å². The SMILES string of the molecule is COc1ccc2nc(NNC(=O)c3ccc(S(=O)(=O)N4CCCC4)cc3)sc2c1. The van der Waals surface area contributed by atoms with Crippen LogP contribution in [0.2, 0.25) is 0 Å². The Balaban J connectivity index is 1.42. The number of fused-ring (bicyclic) bond motifs is 1. The van der Waals surface area contributed by atoms with Gasteiger partial charge in [-0.25, -0.2) is 13.4 Å². The number of hydrazine groups is 1. The van der Waals surface area contributed by atoms with E-state index in [-0.39, 0.29) is 10.8 Å². The van der Waals surface area contributed by atoms with Gasteiger partial charge in [-0.1, -0.05) is 11.3 Å². The van der Waals surface area contributed by atoms with Crippen molar-refractivity contribution in [3.8, 4) is 5.75 Å². The van der Waals surface area contributed by atoms with Crippen LogP contribution >= 0.6 is 11.3 Å². The first kappa shape index (κ1) is 19.6. The summed E-state index contributed by atoms with van der Waals surface area (Å²) in [7, 11) is -1.89. The van der Waals surface area contributed by atoms with Gasteiger partial charge in [0.1, 0.15) is 5.75 Å². The average molecular weight is 433 g/mol. The quantitative estimate of drug-likeness (QED) is 0.581. The van der Waals surface area contributed by atoms with E-state index in [0.717, 1.165) is 28.8 Å². The lowest BCUT2D eigenvalue weighted by molar-refractivity contribution is 0.0962. The van der Waals surface area contributed by atoms with Gasteiger partial charge in [-0.3, -0.25) is 15.6 Å². The summed E-state index contributed by atoms with van der Waals surface area (Å²) in [5.74, 6) is 0.354. The summed E-state index contributed by atoms with van der Waals surface area (Å²) in [6.07, 6.45) is 1.76. The van der Waals surface area contributed by atoms with Crippen molar-refractivity contribution in [1.82, 2.24) is 14.7 Å². The number of anilines is 1. The molecule has 1 aliphatic heterocycles. The fraction of sp³-hybridized carbons (Fsp3) is 0.263. The fourth-order valence-electron chi connectivity index (χ4n) is 3.12. The summed E-state index contributed by atoms with van der Waals surface area (Å²) >= 11 is 1.38. The van der Waals surface area contributed by atoms with Crippen LogP contribution in [0.15, 0.2) is 47.4 Å². The molecule has 8 nitrogen and oxygen atoms in total. The lowest BCUT2D eigenvalue weighted by Gasteiger charge is -2.15. The molecule has 0 spiro atoms. The highest BCUT2D eigenvalue weighted by Crippen LogP contribution is 2.28. The molecule has 1 fully saturated rings. The summed E-state index contributed by atoms with van der Waals surface area (Å²) in [4.78, 5) is 17.0. The molecule has 0 radical (unpaired) electrons. The van der Waals surface area contributed by atoms with Crippen molar-refractivity contribution in [2.24, 2.45) is 0 Å². The molecule has 152 valence electrons. The van der Waals surface area contributed by atoms with Gasteiger partial charge < -0.3 is 4.74 Å². The summed E-state index contributed by atoms with van der Waals surface area (Å²) in [5, 5.41) is 0.537. The Kier molecular flexibility index (Phi) is 5.39. The monoisotopic (exact) mass is 432 g/mol. The Morgan fingerprint density at radius 1 is 1.14 bits per heavy atom. The molecule has 0 saturated carbocycles. The van der Waals surface area contributed by atoms with Crippen molar-refractivity contribution in [3.63, 3.8) is 0 Å². The highest BCUT2D eigenvalue weighted by molar-refractivity contribution is 7.89. The normalized spacial score (nSPS) is 14.8. The van der Waals surface area contributed by atoms with Gasteiger partial charge in [-0.05, 0) is 55.3 Å². The second-order valence-electron chi connectivity index (χ2n) is 6.57. The van der Waals surface area contributed by atoms with E-state index in [1.807, 2.05) is 18.2 Å². The van der Waals surface area contributed by atoms with E-state index in [1.165, 1.54) is 39.9 Å². The van der Waals surface area contributed by atoms with Crippen molar-refractivity contribution >= 4 is 42.6 Å². The number of carbonyl (C=O) groups is 1. The van der Waals surface area contributed by atoms with Crippen LogP contribution in [-0.4, -0.2) is 43.8 Å². The molecule has 4 rings (SSSR count). The van der Waals surface area contributed by atoms with E-state index < -0.39 is 10.0 Å². The lowest BCUT2D eigenvalue weighted by atomic mass is 10.2. The number of nitrogens with zero attached hydrogens (tertiary/aromatic N) is 2. The predicted octanol–water partition coefficient (Wildman–Crippen LogP) is 2.85. The fourth-order valence-corrected chi connectivity index (χ4v) is 5.49. The molecule has 2 aromatic carbocycles. The number of methoxy groups -OCH3 is 1. The maximum atomic E-state index is 12.6. The predicted molar refractivity (Wildman–Crippen MR) is 112 cm³/mol. The van der Waals surface area contributed by atoms with Crippen molar-refractivity contribution in [3.05, 3.63) is 48.0 Å². The zero-order valence-electron chi connectivity index (χ0n) is 15.7. The molecule has 2 N–H and O–H groups in total. The van der Waals surface area contributed by atoms with Crippen LogP contribution in [0, 0.1) is 0 Å². The number of ether oxygens (including phenoxy) is 1. The molecule has 2 heterocycles. The van der Waals surface area contributed by atoms with Gasteiger partial charge in [-0.15, -0.1) is 0 Å². The van der Waals surface area contributed by atoms with Crippen LogP contribution in [0.3, 0.4) is 0 Å². The van der Waals surface area contributed by atoms with E-state index >= 15 is 0 Å². The molecule has 1 saturated heterocycles. The highest BCUT2D eigenvalue weighted by atomic mass is 32.2. The van der Waals surface area contributed by atoms with E-state index in [0.29, 0.717) is 23.8 Å². The third-order valence-electron chi connectivity index (χ3n) is 4.70. The molecule has 0 atom stereocenters. The van der Waals surface area contributed by atoms with Crippen LogP contribution in [0.4, 0.5) is 5.13 Å². The molecule has 10 heteroatoms. The second kappa shape index (κ2) is 7.97. The van der Waals surface area contributed by atoms with E-state index in [2.05, 4.69) is 15.8 Å². The smallest absolute Gasteiger partial charge is 0.269 e. The molecule has 3 aromatic rings. The maximum absolute atomic E-state index is 12.6. The van der Waals surface area contributed by atoms with Crippen LogP contribution in [0.1, 0.15) is 23.2 Å². The number of aromatic nitrogens is 1. The van der Waals surface area contributed by atoms with Crippen LogP contribution < -0.4 is 15.6 Å². The van der Waals surface area contributed by atoms with Crippen LogP contribution in [0.5, 0.6) is 5.75 Å². The number of nitrogens with one attached hydrogen (secondary N) is 2. The van der Waals surface area contributed by atoms with Crippen LogP contribution in [0.25, 0.3) is 10.2 Å². The number of benzene rings is 2. The van der Waals surface area contributed by atoms with Crippen molar-refractivity contribution < 1.29 is 17.9 Å². The molecule has 0 bridgehead atoms. The third kappa shape index (κ3) is 4.04. The van der Waals surface area contributed by atoms with Gasteiger partial charge in [0.2, 0.25) is 15.2 Å². The molecule has 0 aliphatic carbocycles. The Morgan fingerprint density at radius 3 is 2.55 bits per heavy atom. The van der Waals surface area contributed by atoms with Crippen molar-refractivity contribution in [2.75, 3.05) is 25.6 Å². The summed E-state index contributed by atoms with van der Waals surface area (Å²) in [6.45, 7) is 1.09. The third-order valence-corrected chi connectivity index (χ3v) is 7.54. The molecule has 29 heavy (non-hydrogen) atoms. The minimum atomic E-state index is -3.49. The topological polar surface area (TPSA) is 101 Å². The second-order valence-corrected chi connectivity index (χ2v) is 9.54. The number of rotatable bonds is 6. The lowest BCUT2D eigenvalue weighted by Crippen LogP contribution is -2.30. The van der Waals surface area contributed by atoms with Crippen LogP contribution in [-0.2, 0) is 10.0 Å². The van der Waals surface area contributed by atoms with Crippen molar-refractivity contribution in [1.29, 1.82) is 0 Å². The van der Waals surface area contributed by atoms with Gasteiger partial charge in [0.05, 0.1) is 22.2 Å². The number of amides is 1. The molecule has 1 aliphatic rings. The van der Waals surface area contributed by atoms with E-state index in [4.69, 9.17) is 4.74 Å². The molecular weight excluding hydrogens is 412 g/mol. The van der Waals surface area contributed by atoms with Gasteiger partial charge in [0, 0.05) is 18.7 Å². The van der Waals surface area contributed by atoms with E-state index in [9.17, 15) is 13.2 Å². The Labute approximate surface area is 172 Å². The average Bonchev–Trinajstić information content (AvgIpc) is 3.41. The Morgan fingerprint density at radius 2 is 1.86 bits per heavy atom. The first-order valence-corrected chi connectivity index (χ1v) is 11.3. The number of hydrogen-bond acceptors (Lipinski definition) is 7. The minimum absolute atomic E-state index is 0.198. The molecule has 1 amide bonds. The zero-order valence-corrected chi connectivity index (χ0v) is 17.3. The first-order valence-electron chi connectivity index (χ1n) is 9.08. The van der Waals surface area contributed by atoms with Gasteiger partial charge >= 0.3 is 0 Å². The summed E-state index contributed by atoms with van der Waals surface area (Å²) < 4.78 is 32.7.